The van der Waals surface area contributed by atoms with Crippen LogP contribution in [0.2, 0.25) is 0 Å². The highest BCUT2D eigenvalue weighted by Crippen LogP contribution is 2.22. The van der Waals surface area contributed by atoms with Gasteiger partial charge in [-0.1, -0.05) is 5.16 Å². The second-order valence-corrected chi connectivity index (χ2v) is 6.04. The second-order valence-electron chi connectivity index (χ2n) is 3.64. The maximum atomic E-state index is 11.5. The van der Waals surface area contributed by atoms with E-state index in [2.05, 4.69) is 10.1 Å². The molecule has 6 nitrogen and oxygen atoms in total. The van der Waals surface area contributed by atoms with E-state index >= 15 is 0 Å². The lowest BCUT2D eigenvalue weighted by molar-refractivity contribution is 0.370. The molecule has 0 radical (unpaired) electrons. The fourth-order valence-electron chi connectivity index (χ4n) is 1.74. The number of hydrogen-bond donors (Lipinski definition) is 1. The van der Waals surface area contributed by atoms with Gasteiger partial charge in [0.1, 0.15) is 0 Å². The maximum absolute atomic E-state index is 11.5. The Kier molecular flexibility index (Phi) is 2.74. The van der Waals surface area contributed by atoms with E-state index in [1.807, 2.05) is 0 Å². The Morgan fingerprint density at radius 1 is 1.53 bits per heavy atom. The third kappa shape index (κ3) is 2.18. The highest BCUT2D eigenvalue weighted by molar-refractivity contribution is 7.92. The molecule has 1 unspecified atom stereocenters. The fraction of sp³-hybridized carbons (Fsp3) is 0.750. The topological polar surface area (TPSA) is 99.1 Å². The third-order valence-corrected chi connectivity index (χ3v) is 4.83. The monoisotopic (exact) mass is 231 g/mol. The number of nitrogens with zero attached hydrogens (tertiary/aromatic N) is 2. The van der Waals surface area contributed by atoms with E-state index in [1.54, 1.807) is 0 Å². The molecule has 2 N–H and O–H groups in total. The minimum absolute atomic E-state index is 0.209. The van der Waals surface area contributed by atoms with E-state index in [9.17, 15) is 8.42 Å². The Hall–Kier alpha value is -0.950. The molecule has 1 aromatic heterocycles. The molecule has 0 bridgehead atoms. The molecule has 0 amide bonds. The molecule has 1 aliphatic rings. The molecule has 1 aromatic rings. The van der Waals surface area contributed by atoms with Crippen LogP contribution < -0.4 is 5.73 Å². The van der Waals surface area contributed by atoms with Gasteiger partial charge in [-0.15, -0.1) is 0 Å². The minimum atomic E-state index is -2.94. The lowest BCUT2D eigenvalue weighted by Gasteiger charge is -2.04. The van der Waals surface area contributed by atoms with E-state index in [1.165, 1.54) is 0 Å². The zero-order valence-corrected chi connectivity index (χ0v) is 9.03. The van der Waals surface area contributed by atoms with Crippen LogP contribution in [0.15, 0.2) is 4.52 Å². The minimum Gasteiger partial charge on any atom is -0.339 e. The normalized spacial score (nSPS) is 24.5. The third-order valence-electron chi connectivity index (χ3n) is 2.56. The molecular weight excluding hydrogens is 218 g/mol. The van der Waals surface area contributed by atoms with Crippen molar-refractivity contribution in [1.29, 1.82) is 0 Å². The zero-order chi connectivity index (χ0) is 10.9. The van der Waals surface area contributed by atoms with Crippen molar-refractivity contribution < 1.29 is 12.9 Å². The Labute approximate surface area is 87.8 Å². The number of nitrogens with two attached hydrogens (primary N) is 1. The molecule has 1 fully saturated rings. The average molecular weight is 231 g/mol. The Bertz CT molecular complexity index is 440. The first-order valence-electron chi connectivity index (χ1n) is 4.85. The predicted molar refractivity (Wildman–Crippen MR) is 52.7 cm³/mol. The molecule has 0 saturated carbocycles. The van der Waals surface area contributed by atoms with Gasteiger partial charge in [-0.3, -0.25) is 0 Å². The van der Waals surface area contributed by atoms with Gasteiger partial charge in [0, 0.05) is 6.42 Å². The first-order valence-corrected chi connectivity index (χ1v) is 6.56. The quantitative estimate of drug-likeness (QED) is 0.763. The van der Waals surface area contributed by atoms with Crippen LogP contribution in [-0.2, 0) is 22.8 Å². The average Bonchev–Trinajstić information content (AvgIpc) is 2.75. The molecule has 1 atom stereocenters. The number of hydrogen-bond acceptors (Lipinski definition) is 6. The Balaban J connectivity index is 2.09. The van der Waals surface area contributed by atoms with Gasteiger partial charge >= 0.3 is 0 Å². The van der Waals surface area contributed by atoms with Gasteiger partial charge in [0.25, 0.3) is 0 Å². The first kappa shape index (κ1) is 10.6. The van der Waals surface area contributed by atoms with Crippen LogP contribution in [0, 0.1) is 0 Å². The molecule has 2 heterocycles. The van der Waals surface area contributed by atoms with Crippen molar-refractivity contribution in [3.63, 3.8) is 0 Å². The summed E-state index contributed by atoms with van der Waals surface area (Å²) < 4.78 is 28.0. The van der Waals surface area contributed by atoms with Crippen LogP contribution in [0.3, 0.4) is 0 Å². The van der Waals surface area contributed by atoms with Crippen molar-refractivity contribution in [2.45, 2.75) is 31.1 Å². The van der Waals surface area contributed by atoms with Crippen molar-refractivity contribution in [3.05, 3.63) is 11.7 Å². The lowest BCUT2D eigenvalue weighted by Crippen LogP contribution is -2.18. The molecule has 0 spiro atoms. The van der Waals surface area contributed by atoms with E-state index in [-0.39, 0.29) is 17.5 Å². The summed E-state index contributed by atoms with van der Waals surface area (Å²) in [5.41, 5.74) is 5.32. The molecule has 2 rings (SSSR count). The molecule has 0 aliphatic carbocycles. The highest BCUT2D eigenvalue weighted by atomic mass is 32.2. The van der Waals surface area contributed by atoms with E-state index in [0.717, 1.165) is 6.42 Å². The van der Waals surface area contributed by atoms with Crippen molar-refractivity contribution >= 4 is 9.84 Å². The van der Waals surface area contributed by atoms with Crippen molar-refractivity contribution in [1.82, 2.24) is 10.1 Å². The Morgan fingerprint density at radius 2 is 2.33 bits per heavy atom. The molecule has 0 aromatic carbocycles. The summed E-state index contributed by atoms with van der Waals surface area (Å²) in [5.74, 6) is 1.06. The van der Waals surface area contributed by atoms with E-state index < -0.39 is 9.84 Å². The standard InChI is InChI=1S/C8H13N3O3S/c9-5-7-10-8(14-11-7)4-6-2-1-3-15(6,12)13/h6H,1-5,9H2. The summed E-state index contributed by atoms with van der Waals surface area (Å²) in [4.78, 5) is 3.99. The van der Waals surface area contributed by atoms with Crippen molar-refractivity contribution in [2.75, 3.05) is 5.75 Å². The van der Waals surface area contributed by atoms with Gasteiger partial charge in [-0.05, 0) is 12.8 Å². The van der Waals surface area contributed by atoms with Gasteiger partial charge in [-0.25, -0.2) is 8.42 Å². The molecule has 1 saturated heterocycles. The summed E-state index contributed by atoms with van der Waals surface area (Å²) in [6, 6.07) is 0. The predicted octanol–water partition coefficient (Wildman–Crippen LogP) is -0.352. The molecule has 15 heavy (non-hydrogen) atoms. The summed E-state index contributed by atoms with van der Waals surface area (Å²) >= 11 is 0. The van der Waals surface area contributed by atoms with Gasteiger partial charge in [0.2, 0.25) is 5.89 Å². The number of rotatable bonds is 3. The maximum Gasteiger partial charge on any atom is 0.227 e. The summed E-state index contributed by atoms with van der Waals surface area (Å²) in [5, 5.41) is 3.26. The lowest BCUT2D eigenvalue weighted by atomic mass is 10.2. The van der Waals surface area contributed by atoms with Crippen LogP contribution in [-0.4, -0.2) is 29.6 Å². The van der Waals surface area contributed by atoms with Crippen molar-refractivity contribution in [3.8, 4) is 0 Å². The zero-order valence-electron chi connectivity index (χ0n) is 8.22. The number of sulfone groups is 1. The van der Waals surface area contributed by atoms with Crippen molar-refractivity contribution in [2.24, 2.45) is 5.73 Å². The van der Waals surface area contributed by atoms with Gasteiger partial charge < -0.3 is 10.3 Å². The highest BCUT2D eigenvalue weighted by Gasteiger charge is 2.32. The Morgan fingerprint density at radius 3 is 2.87 bits per heavy atom. The van der Waals surface area contributed by atoms with Crippen LogP contribution in [0.5, 0.6) is 0 Å². The second kappa shape index (κ2) is 3.90. The first-order chi connectivity index (χ1) is 7.12. The molecule has 84 valence electrons. The van der Waals surface area contributed by atoms with Crippen LogP contribution >= 0.6 is 0 Å². The summed E-state index contributed by atoms with van der Waals surface area (Å²) in [6.07, 6.45) is 1.73. The number of aromatic nitrogens is 2. The molecule has 1 aliphatic heterocycles. The largest absolute Gasteiger partial charge is 0.339 e. The SMILES string of the molecule is NCc1noc(CC2CCCS2(=O)=O)n1. The molecule has 7 heteroatoms. The summed E-state index contributed by atoms with van der Waals surface area (Å²) in [6.45, 7) is 0.209. The van der Waals surface area contributed by atoms with Crippen LogP contribution in [0.1, 0.15) is 24.6 Å². The van der Waals surface area contributed by atoms with Gasteiger partial charge in [0.05, 0.1) is 17.5 Å². The van der Waals surface area contributed by atoms with Crippen LogP contribution in [0.4, 0.5) is 0 Å². The molecular formula is C8H13N3O3S. The van der Waals surface area contributed by atoms with E-state index in [4.69, 9.17) is 10.3 Å². The smallest absolute Gasteiger partial charge is 0.227 e. The fourth-order valence-corrected chi connectivity index (χ4v) is 3.56. The van der Waals surface area contributed by atoms with Gasteiger partial charge in [0.15, 0.2) is 15.7 Å². The summed E-state index contributed by atoms with van der Waals surface area (Å²) in [7, 11) is -2.94. The van der Waals surface area contributed by atoms with Gasteiger partial charge in [-0.2, -0.15) is 4.98 Å². The van der Waals surface area contributed by atoms with E-state index in [0.29, 0.717) is 24.6 Å². The van der Waals surface area contributed by atoms with Crippen LogP contribution in [0.25, 0.3) is 0 Å².